The number of alkyl halides is 2. The lowest BCUT2D eigenvalue weighted by Crippen LogP contribution is -2.32. The minimum absolute atomic E-state index is 0.191. The van der Waals surface area contributed by atoms with Crippen LogP contribution in [0.15, 0.2) is 41.3 Å². The van der Waals surface area contributed by atoms with Crippen LogP contribution in [-0.4, -0.2) is 27.7 Å². The second-order valence-electron chi connectivity index (χ2n) is 6.44. The molecule has 0 fully saturated rings. The van der Waals surface area contributed by atoms with E-state index in [0.29, 0.717) is 33.4 Å². The molecule has 4 rings (SSSR count). The van der Waals surface area contributed by atoms with E-state index >= 15 is 0 Å². The maximum absolute atomic E-state index is 13.2. The average Bonchev–Trinajstić information content (AvgIpc) is 3.00. The highest BCUT2D eigenvalue weighted by Gasteiger charge is 2.26. The van der Waals surface area contributed by atoms with Crippen LogP contribution in [-0.2, 0) is 0 Å². The molecule has 8 heteroatoms. The minimum Gasteiger partial charge on any atom is -0.337 e. The molecule has 1 amide bonds. The standard InChI is InChI=1S/C19H16ClF2N3OS/c1-10-6-7-25(15-9-12(20)3-5-16(15)27-10)19(26)11-2-4-13-14(8-11)24-18(23-13)17(21)22/h2-5,8-10,17H,6-7H2,1H3,(H,23,24). The lowest BCUT2D eigenvalue weighted by Gasteiger charge is -2.23. The third-order valence-corrected chi connectivity index (χ3v) is 5.97. The molecule has 1 aliphatic heterocycles. The van der Waals surface area contributed by atoms with Crippen molar-refractivity contribution in [3.63, 3.8) is 0 Å². The predicted octanol–water partition coefficient (Wildman–Crippen LogP) is 5.69. The van der Waals surface area contributed by atoms with Crippen LogP contribution in [0.5, 0.6) is 0 Å². The number of imidazole rings is 1. The molecule has 2 aromatic carbocycles. The van der Waals surface area contributed by atoms with Gasteiger partial charge in [-0.2, -0.15) is 0 Å². The molecule has 1 N–H and O–H groups in total. The first kappa shape index (κ1) is 18.3. The molecule has 1 aromatic heterocycles. The third-order valence-electron chi connectivity index (χ3n) is 4.50. The number of carbonyl (C=O) groups is 1. The number of anilines is 1. The van der Waals surface area contributed by atoms with E-state index in [0.717, 1.165) is 17.0 Å². The van der Waals surface area contributed by atoms with E-state index in [9.17, 15) is 13.6 Å². The molecular formula is C19H16ClF2N3OS. The van der Waals surface area contributed by atoms with Gasteiger partial charge in [-0.1, -0.05) is 18.5 Å². The van der Waals surface area contributed by atoms with Crippen molar-refractivity contribution in [3.8, 4) is 0 Å². The third kappa shape index (κ3) is 3.53. The van der Waals surface area contributed by atoms with Crippen LogP contribution in [0.3, 0.4) is 0 Å². The summed E-state index contributed by atoms with van der Waals surface area (Å²) in [5.74, 6) is -0.588. The normalized spacial score (nSPS) is 17.2. The van der Waals surface area contributed by atoms with Crippen molar-refractivity contribution in [3.05, 3.63) is 52.8 Å². The van der Waals surface area contributed by atoms with Crippen molar-refractivity contribution in [1.29, 1.82) is 0 Å². The number of amides is 1. The number of aromatic amines is 1. The molecule has 0 saturated carbocycles. The zero-order valence-corrected chi connectivity index (χ0v) is 16.0. The van der Waals surface area contributed by atoms with E-state index < -0.39 is 12.2 Å². The van der Waals surface area contributed by atoms with E-state index in [-0.39, 0.29) is 5.91 Å². The molecule has 2 heterocycles. The fourth-order valence-corrected chi connectivity index (χ4v) is 4.40. The van der Waals surface area contributed by atoms with Gasteiger partial charge in [0.1, 0.15) is 0 Å². The Morgan fingerprint density at radius 1 is 1.33 bits per heavy atom. The van der Waals surface area contributed by atoms with Crippen molar-refractivity contribution >= 4 is 46.0 Å². The summed E-state index contributed by atoms with van der Waals surface area (Å²) in [7, 11) is 0. The van der Waals surface area contributed by atoms with E-state index in [2.05, 4.69) is 16.9 Å². The van der Waals surface area contributed by atoms with Gasteiger partial charge in [-0.3, -0.25) is 4.79 Å². The predicted molar refractivity (Wildman–Crippen MR) is 104 cm³/mol. The Balaban J connectivity index is 1.74. The Labute approximate surface area is 163 Å². The number of rotatable bonds is 2. The highest BCUT2D eigenvalue weighted by molar-refractivity contribution is 8.00. The molecule has 0 spiro atoms. The SMILES string of the molecule is CC1CCN(C(=O)c2ccc3nc(C(F)F)[nH]c3c2)c2cc(Cl)ccc2S1. The fraction of sp³-hybridized carbons (Fsp3) is 0.263. The molecule has 1 atom stereocenters. The van der Waals surface area contributed by atoms with Gasteiger partial charge < -0.3 is 9.88 Å². The zero-order valence-electron chi connectivity index (χ0n) is 14.4. The van der Waals surface area contributed by atoms with Gasteiger partial charge in [-0.15, -0.1) is 11.8 Å². The Morgan fingerprint density at radius 3 is 2.93 bits per heavy atom. The molecule has 4 nitrogen and oxygen atoms in total. The van der Waals surface area contributed by atoms with E-state index in [1.165, 1.54) is 0 Å². The van der Waals surface area contributed by atoms with E-state index in [1.807, 2.05) is 12.1 Å². The summed E-state index contributed by atoms with van der Waals surface area (Å²) < 4.78 is 25.7. The van der Waals surface area contributed by atoms with Gasteiger partial charge in [-0.25, -0.2) is 13.8 Å². The van der Waals surface area contributed by atoms with Crippen LogP contribution >= 0.6 is 23.4 Å². The molecule has 1 aliphatic rings. The summed E-state index contributed by atoms with van der Waals surface area (Å²) >= 11 is 7.88. The van der Waals surface area contributed by atoms with Crippen LogP contribution < -0.4 is 4.90 Å². The Kier molecular flexibility index (Phi) is 4.82. The fourth-order valence-electron chi connectivity index (χ4n) is 3.14. The number of fused-ring (bicyclic) bond motifs is 2. The summed E-state index contributed by atoms with van der Waals surface area (Å²) in [6.45, 7) is 2.68. The lowest BCUT2D eigenvalue weighted by molar-refractivity contribution is 0.0986. The maximum atomic E-state index is 13.2. The molecule has 0 radical (unpaired) electrons. The summed E-state index contributed by atoms with van der Waals surface area (Å²) in [5, 5.41) is 0.929. The number of halogens is 3. The first-order valence-electron chi connectivity index (χ1n) is 8.48. The highest BCUT2D eigenvalue weighted by atomic mass is 35.5. The molecule has 27 heavy (non-hydrogen) atoms. The number of carbonyl (C=O) groups excluding carboxylic acids is 1. The molecule has 0 saturated heterocycles. The first-order valence-corrected chi connectivity index (χ1v) is 9.74. The maximum Gasteiger partial charge on any atom is 0.295 e. The second kappa shape index (κ2) is 7.13. The molecule has 0 bridgehead atoms. The quantitative estimate of drug-likeness (QED) is 0.594. The van der Waals surface area contributed by atoms with Crippen LogP contribution in [0.2, 0.25) is 5.02 Å². The van der Waals surface area contributed by atoms with Gasteiger partial charge >= 0.3 is 0 Å². The Bertz CT molecular complexity index is 1020. The zero-order chi connectivity index (χ0) is 19.1. The largest absolute Gasteiger partial charge is 0.337 e. The van der Waals surface area contributed by atoms with Crippen molar-refractivity contribution in [1.82, 2.24) is 9.97 Å². The average molecular weight is 408 g/mol. The number of nitrogens with zero attached hydrogens (tertiary/aromatic N) is 2. The van der Waals surface area contributed by atoms with Crippen molar-refractivity contribution < 1.29 is 13.6 Å². The van der Waals surface area contributed by atoms with Crippen LogP contribution in [0, 0.1) is 0 Å². The first-order chi connectivity index (χ1) is 12.9. The number of nitrogens with one attached hydrogen (secondary N) is 1. The Morgan fingerprint density at radius 2 is 2.15 bits per heavy atom. The topological polar surface area (TPSA) is 49.0 Å². The summed E-state index contributed by atoms with van der Waals surface area (Å²) in [5.41, 5.74) is 2.02. The lowest BCUT2D eigenvalue weighted by atomic mass is 10.1. The summed E-state index contributed by atoms with van der Waals surface area (Å²) in [4.78, 5) is 22.4. The summed E-state index contributed by atoms with van der Waals surface area (Å²) in [6, 6.07) is 10.3. The van der Waals surface area contributed by atoms with Gasteiger partial charge in [0, 0.05) is 27.3 Å². The van der Waals surface area contributed by atoms with Crippen molar-refractivity contribution in [2.45, 2.75) is 29.9 Å². The van der Waals surface area contributed by atoms with Gasteiger partial charge in [0.2, 0.25) is 0 Å². The number of aromatic nitrogens is 2. The molecule has 140 valence electrons. The minimum atomic E-state index is -2.69. The van der Waals surface area contributed by atoms with Gasteiger partial charge in [0.25, 0.3) is 12.3 Å². The smallest absolute Gasteiger partial charge is 0.295 e. The van der Waals surface area contributed by atoms with Crippen molar-refractivity contribution in [2.75, 3.05) is 11.4 Å². The van der Waals surface area contributed by atoms with E-state index in [1.54, 1.807) is 40.9 Å². The monoisotopic (exact) mass is 407 g/mol. The van der Waals surface area contributed by atoms with Crippen LogP contribution in [0.4, 0.5) is 14.5 Å². The second-order valence-corrected chi connectivity index (χ2v) is 8.36. The molecule has 3 aromatic rings. The molecule has 1 unspecified atom stereocenters. The van der Waals surface area contributed by atoms with Crippen LogP contribution in [0.1, 0.15) is 36.0 Å². The number of hydrogen-bond donors (Lipinski definition) is 1. The van der Waals surface area contributed by atoms with Crippen molar-refractivity contribution in [2.24, 2.45) is 0 Å². The molecule has 0 aliphatic carbocycles. The number of thioether (sulfide) groups is 1. The summed E-state index contributed by atoms with van der Waals surface area (Å²) in [6.07, 6.45) is -1.85. The van der Waals surface area contributed by atoms with Gasteiger partial charge in [0.15, 0.2) is 5.82 Å². The van der Waals surface area contributed by atoms with Gasteiger partial charge in [-0.05, 0) is 42.8 Å². The van der Waals surface area contributed by atoms with E-state index in [4.69, 9.17) is 11.6 Å². The van der Waals surface area contributed by atoms with Crippen LogP contribution in [0.25, 0.3) is 11.0 Å². The number of hydrogen-bond acceptors (Lipinski definition) is 3. The highest BCUT2D eigenvalue weighted by Crippen LogP contribution is 2.39. The number of benzene rings is 2. The van der Waals surface area contributed by atoms with Gasteiger partial charge in [0.05, 0.1) is 16.7 Å². The number of H-pyrrole nitrogens is 1. The molecular weight excluding hydrogens is 392 g/mol. The Hall–Kier alpha value is -2.12.